The first-order chi connectivity index (χ1) is 13.1. The van der Waals surface area contributed by atoms with Gasteiger partial charge in [0.2, 0.25) is 0 Å². The second-order valence-corrected chi connectivity index (χ2v) is 6.43. The minimum absolute atomic E-state index is 0.121. The largest absolute Gasteiger partial charge is 0.493 e. The molecule has 1 saturated heterocycles. The van der Waals surface area contributed by atoms with E-state index in [1.807, 2.05) is 17.0 Å². The van der Waals surface area contributed by atoms with Crippen molar-refractivity contribution in [1.29, 1.82) is 0 Å². The molecule has 8 nitrogen and oxygen atoms in total. The number of ether oxygens (including phenoxy) is 2. The van der Waals surface area contributed by atoms with Crippen LogP contribution in [0.1, 0.15) is 12.6 Å². The van der Waals surface area contributed by atoms with Crippen LogP contribution in [0, 0.1) is 0 Å². The normalized spacial score (nSPS) is 15.0. The summed E-state index contributed by atoms with van der Waals surface area (Å²) in [6.07, 6.45) is 1.65. The van der Waals surface area contributed by atoms with E-state index in [2.05, 4.69) is 22.1 Å². The highest BCUT2D eigenvalue weighted by atomic mass is 16.5. The van der Waals surface area contributed by atoms with E-state index in [0.717, 1.165) is 36.1 Å². The van der Waals surface area contributed by atoms with Crippen molar-refractivity contribution in [2.75, 3.05) is 52.3 Å². The molecule has 0 radical (unpaired) electrons. The number of benzene rings is 1. The molecule has 27 heavy (non-hydrogen) atoms. The topological polar surface area (TPSA) is 93.0 Å². The summed E-state index contributed by atoms with van der Waals surface area (Å²) in [6.45, 7) is 6.63. The Labute approximate surface area is 159 Å². The molecule has 1 aromatic carbocycles. The highest BCUT2D eigenvalue weighted by molar-refractivity contribution is 6.03. The first-order valence-electron chi connectivity index (χ1n) is 9.13. The number of nitrogens with one attached hydrogen (secondary N) is 1. The molecule has 0 unspecified atom stereocenters. The Kier molecular flexibility index (Phi) is 5.98. The molecular weight excluding hydrogens is 346 g/mol. The average Bonchev–Trinajstić information content (AvgIpc) is 2.72. The number of piperazine rings is 1. The number of carbonyl (C=O) groups excluding carboxylic acids is 1. The molecule has 0 spiro atoms. The van der Waals surface area contributed by atoms with Gasteiger partial charge in [0, 0.05) is 43.5 Å². The van der Waals surface area contributed by atoms with Gasteiger partial charge in [0.15, 0.2) is 11.5 Å². The van der Waals surface area contributed by atoms with Crippen LogP contribution in [0.15, 0.2) is 18.3 Å². The van der Waals surface area contributed by atoms with E-state index < -0.39 is 0 Å². The lowest BCUT2D eigenvalue weighted by molar-refractivity contribution is 0.151. The number of urea groups is 1. The number of carbonyl (C=O) groups is 1. The average molecular weight is 373 g/mol. The van der Waals surface area contributed by atoms with E-state index in [1.54, 1.807) is 20.4 Å². The molecule has 0 bridgehead atoms. The minimum Gasteiger partial charge on any atom is -0.493 e. The molecule has 2 amide bonds. The van der Waals surface area contributed by atoms with E-state index in [9.17, 15) is 4.79 Å². The summed E-state index contributed by atoms with van der Waals surface area (Å²) >= 11 is 0. The van der Waals surface area contributed by atoms with E-state index in [-0.39, 0.29) is 6.03 Å². The van der Waals surface area contributed by atoms with Gasteiger partial charge < -0.3 is 30.3 Å². The quantitative estimate of drug-likeness (QED) is 0.831. The van der Waals surface area contributed by atoms with Gasteiger partial charge in [-0.2, -0.15) is 0 Å². The lowest BCUT2D eigenvalue weighted by Gasteiger charge is -2.34. The maximum atomic E-state index is 12.7. The van der Waals surface area contributed by atoms with Crippen LogP contribution in [0.4, 0.5) is 10.5 Å². The van der Waals surface area contributed by atoms with Crippen LogP contribution in [-0.4, -0.2) is 67.8 Å². The first-order valence-corrected chi connectivity index (χ1v) is 9.13. The lowest BCUT2D eigenvalue weighted by Crippen LogP contribution is -2.49. The number of hydrogen-bond donors (Lipinski definition) is 2. The van der Waals surface area contributed by atoms with Gasteiger partial charge in [-0.25, -0.2) is 4.79 Å². The Hall–Kier alpha value is -2.58. The summed E-state index contributed by atoms with van der Waals surface area (Å²) in [7, 11) is 3.17. The van der Waals surface area contributed by atoms with Gasteiger partial charge in [0.05, 0.1) is 31.8 Å². The van der Waals surface area contributed by atoms with E-state index in [4.69, 9.17) is 15.2 Å². The number of pyridine rings is 1. The molecule has 3 rings (SSSR count). The van der Waals surface area contributed by atoms with Crippen molar-refractivity contribution >= 4 is 22.5 Å². The second kappa shape index (κ2) is 8.41. The molecule has 0 aliphatic carbocycles. The van der Waals surface area contributed by atoms with Crippen molar-refractivity contribution in [3.63, 3.8) is 0 Å². The summed E-state index contributed by atoms with van der Waals surface area (Å²) in [4.78, 5) is 21.3. The monoisotopic (exact) mass is 373 g/mol. The van der Waals surface area contributed by atoms with Crippen molar-refractivity contribution in [1.82, 2.24) is 14.8 Å². The summed E-state index contributed by atoms with van der Waals surface area (Å²) in [5, 5.41) is 4.66. The molecule has 1 aliphatic heterocycles. The maximum absolute atomic E-state index is 12.7. The fourth-order valence-electron chi connectivity index (χ4n) is 3.35. The smallest absolute Gasteiger partial charge is 0.321 e. The predicted octanol–water partition coefficient (Wildman–Crippen LogP) is 1.88. The molecule has 3 N–H and O–H groups in total. The number of fused-ring (bicyclic) bond motifs is 1. The molecule has 1 aliphatic rings. The number of rotatable bonds is 5. The van der Waals surface area contributed by atoms with Crippen molar-refractivity contribution in [2.45, 2.75) is 13.5 Å². The Morgan fingerprint density at radius 2 is 1.78 bits per heavy atom. The van der Waals surface area contributed by atoms with Gasteiger partial charge in [-0.15, -0.1) is 0 Å². The number of nitrogens with zero attached hydrogens (tertiary/aromatic N) is 3. The van der Waals surface area contributed by atoms with Crippen LogP contribution in [-0.2, 0) is 6.54 Å². The number of amides is 2. The molecule has 0 atom stereocenters. The number of nitrogens with two attached hydrogens (primary N) is 1. The Morgan fingerprint density at radius 1 is 1.15 bits per heavy atom. The summed E-state index contributed by atoms with van der Waals surface area (Å²) in [5.74, 6) is 1.19. The predicted molar refractivity (Wildman–Crippen MR) is 105 cm³/mol. The molecule has 1 fully saturated rings. The van der Waals surface area contributed by atoms with Crippen molar-refractivity contribution in [2.24, 2.45) is 5.73 Å². The van der Waals surface area contributed by atoms with Crippen molar-refractivity contribution < 1.29 is 14.3 Å². The van der Waals surface area contributed by atoms with Crippen molar-refractivity contribution in [3.05, 3.63) is 24.0 Å². The van der Waals surface area contributed by atoms with Crippen LogP contribution >= 0.6 is 0 Å². The third kappa shape index (κ3) is 3.91. The maximum Gasteiger partial charge on any atom is 0.321 e. The summed E-state index contributed by atoms with van der Waals surface area (Å²) in [6, 6.07) is 3.57. The molecule has 1 aromatic heterocycles. The standard InChI is InChI=1S/C19H27N5O3/c1-4-23-5-7-24(8-6-23)19(25)22-16-12-21-15(11-20)13-9-17(26-2)18(27-3)10-14(13)16/h9-10,12H,4-8,11,20H2,1-3H3,(H,22,25). The molecular formula is C19H27N5O3. The summed E-state index contributed by atoms with van der Waals surface area (Å²) < 4.78 is 10.8. The van der Waals surface area contributed by atoms with Gasteiger partial charge in [0.25, 0.3) is 0 Å². The van der Waals surface area contributed by atoms with Gasteiger partial charge in [-0.3, -0.25) is 4.98 Å². The van der Waals surface area contributed by atoms with E-state index in [0.29, 0.717) is 36.8 Å². The molecule has 0 saturated carbocycles. The second-order valence-electron chi connectivity index (χ2n) is 6.43. The number of aromatic nitrogens is 1. The van der Waals surface area contributed by atoms with Crippen LogP contribution in [0.3, 0.4) is 0 Å². The molecule has 146 valence electrons. The number of methoxy groups -OCH3 is 2. The Morgan fingerprint density at radius 3 is 2.33 bits per heavy atom. The highest BCUT2D eigenvalue weighted by Gasteiger charge is 2.21. The number of hydrogen-bond acceptors (Lipinski definition) is 6. The van der Waals surface area contributed by atoms with E-state index >= 15 is 0 Å². The first kappa shape index (κ1) is 19.2. The van der Waals surface area contributed by atoms with Gasteiger partial charge >= 0.3 is 6.03 Å². The van der Waals surface area contributed by atoms with Gasteiger partial charge in [-0.05, 0) is 18.7 Å². The Bertz CT molecular complexity index is 819. The van der Waals surface area contributed by atoms with Crippen LogP contribution < -0.4 is 20.5 Å². The third-order valence-electron chi connectivity index (χ3n) is 5.02. The van der Waals surface area contributed by atoms with Crippen molar-refractivity contribution in [3.8, 4) is 11.5 Å². The van der Waals surface area contributed by atoms with Gasteiger partial charge in [-0.1, -0.05) is 6.92 Å². The SMILES string of the molecule is CCN1CCN(C(=O)Nc2cnc(CN)c3cc(OC)c(OC)cc23)CC1. The zero-order valence-corrected chi connectivity index (χ0v) is 16.1. The third-order valence-corrected chi connectivity index (χ3v) is 5.02. The van der Waals surface area contributed by atoms with Crippen LogP contribution in [0.25, 0.3) is 10.8 Å². The summed E-state index contributed by atoms with van der Waals surface area (Å²) in [5.41, 5.74) is 7.20. The number of likely N-dealkylation sites (N-methyl/N-ethyl adjacent to an activating group) is 1. The molecule has 2 heterocycles. The molecule has 8 heteroatoms. The van der Waals surface area contributed by atoms with E-state index in [1.165, 1.54) is 0 Å². The molecule has 2 aromatic rings. The number of anilines is 1. The van der Waals surface area contributed by atoms with Gasteiger partial charge in [0.1, 0.15) is 0 Å². The fraction of sp³-hybridized carbons (Fsp3) is 0.474. The Balaban J connectivity index is 1.91. The van der Waals surface area contributed by atoms with Crippen LogP contribution in [0.2, 0.25) is 0 Å². The van der Waals surface area contributed by atoms with Crippen LogP contribution in [0.5, 0.6) is 11.5 Å². The zero-order chi connectivity index (χ0) is 19.4. The minimum atomic E-state index is -0.121. The highest BCUT2D eigenvalue weighted by Crippen LogP contribution is 2.36. The zero-order valence-electron chi connectivity index (χ0n) is 16.1. The lowest BCUT2D eigenvalue weighted by atomic mass is 10.1. The fourth-order valence-corrected chi connectivity index (χ4v) is 3.35.